The molecule has 4 heteroatoms. The van der Waals surface area contributed by atoms with E-state index in [1.807, 2.05) is 0 Å². The van der Waals surface area contributed by atoms with Crippen molar-refractivity contribution in [3.05, 3.63) is 0 Å². The third kappa shape index (κ3) is 5.51. The predicted octanol–water partition coefficient (Wildman–Crippen LogP) is 3.64. The quantitative estimate of drug-likeness (QED) is 0.691. The third-order valence-electron chi connectivity index (χ3n) is 4.41. The molecule has 1 saturated carbocycles. The predicted molar refractivity (Wildman–Crippen MR) is 77.3 cm³/mol. The first-order valence-corrected chi connectivity index (χ1v) is 7.97. The van der Waals surface area contributed by atoms with Crippen LogP contribution in [0.3, 0.4) is 0 Å². The highest BCUT2D eigenvalue weighted by molar-refractivity contribution is 5.74. The number of hydrogen-bond donors (Lipinski definition) is 1. The van der Waals surface area contributed by atoms with Gasteiger partial charge in [-0.2, -0.15) is 0 Å². The van der Waals surface area contributed by atoms with Crippen LogP contribution in [-0.4, -0.2) is 23.7 Å². The molecular weight excluding hydrogens is 256 g/mol. The summed E-state index contributed by atoms with van der Waals surface area (Å²) >= 11 is 0. The molecule has 0 amide bonds. The maximum atomic E-state index is 12.0. The maximum absolute atomic E-state index is 12.0. The highest BCUT2D eigenvalue weighted by atomic mass is 16.5. The Bertz CT molecular complexity index is 306. The van der Waals surface area contributed by atoms with Gasteiger partial charge in [0.05, 0.1) is 18.4 Å². The average Bonchev–Trinajstić information content (AvgIpc) is 2.47. The molecule has 0 heterocycles. The lowest BCUT2D eigenvalue weighted by Gasteiger charge is -2.25. The van der Waals surface area contributed by atoms with E-state index < -0.39 is 5.97 Å². The summed E-state index contributed by atoms with van der Waals surface area (Å²) in [5.74, 6) is -0.748. The van der Waals surface area contributed by atoms with E-state index in [2.05, 4.69) is 13.8 Å². The Morgan fingerprint density at radius 3 is 2.25 bits per heavy atom. The molecule has 0 aliphatic heterocycles. The highest BCUT2D eigenvalue weighted by Crippen LogP contribution is 2.30. The van der Waals surface area contributed by atoms with Gasteiger partial charge in [-0.15, -0.1) is 0 Å². The van der Waals surface area contributed by atoms with Crippen molar-refractivity contribution in [1.82, 2.24) is 0 Å². The summed E-state index contributed by atoms with van der Waals surface area (Å²) in [5, 5.41) is 8.94. The Morgan fingerprint density at radius 1 is 1.15 bits per heavy atom. The fourth-order valence-corrected chi connectivity index (χ4v) is 2.79. The third-order valence-corrected chi connectivity index (χ3v) is 4.41. The van der Waals surface area contributed by atoms with Crippen molar-refractivity contribution >= 4 is 11.9 Å². The van der Waals surface area contributed by atoms with Gasteiger partial charge in [0, 0.05) is 0 Å². The first-order chi connectivity index (χ1) is 9.58. The van der Waals surface area contributed by atoms with E-state index in [0.717, 1.165) is 12.8 Å². The van der Waals surface area contributed by atoms with Crippen LogP contribution in [0.15, 0.2) is 0 Å². The fraction of sp³-hybridized carbons (Fsp3) is 0.875. The summed E-state index contributed by atoms with van der Waals surface area (Å²) in [6.07, 6.45) is 7.02. The van der Waals surface area contributed by atoms with Crippen LogP contribution >= 0.6 is 0 Å². The zero-order valence-corrected chi connectivity index (χ0v) is 12.8. The molecule has 0 saturated heterocycles. The molecule has 0 aromatic heterocycles. The van der Waals surface area contributed by atoms with Gasteiger partial charge in [0.15, 0.2) is 0 Å². The highest BCUT2D eigenvalue weighted by Gasteiger charge is 2.30. The monoisotopic (exact) mass is 284 g/mol. The molecule has 1 aliphatic rings. The first-order valence-electron chi connectivity index (χ1n) is 7.97. The summed E-state index contributed by atoms with van der Waals surface area (Å²) < 4.78 is 5.44. The molecule has 0 radical (unpaired) electrons. The number of carboxylic acid groups (broad SMARTS) is 1. The van der Waals surface area contributed by atoms with Crippen LogP contribution in [0.1, 0.15) is 65.2 Å². The number of carboxylic acids is 1. The lowest BCUT2D eigenvalue weighted by Crippen LogP contribution is -2.28. The van der Waals surface area contributed by atoms with Crippen molar-refractivity contribution in [1.29, 1.82) is 0 Å². The molecular formula is C16H28O4. The Kier molecular flexibility index (Phi) is 7.63. The van der Waals surface area contributed by atoms with Crippen molar-refractivity contribution in [2.75, 3.05) is 6.61 Å². The molecule has 0 spiro atoms. The van der Waals surface area contributed by atoms with Crippen molar-refractivity contribution in [2.24, 2.45) is 17.8 Å². The average molecular weight is 284 g/mol. The molecule has 4 nitrogen and oxygen atoms in total. The Morgan fingerprint density at radius 2 is 1.75 bits per heavy atom. The van der Waals surface area contributed by atoms with Gasteiger partial charge in [0.2, 0.25) is 0 Å². The lowest BCUT2D eigenvalue weighted by molar-refractivity contribution is -0.153. The molecule has 0 aromatic rings. The van der Waals surface area contributed by atoms with Gasteiger partial charge in [0.1, 0.15) is 0 Å². The molecule has 1 atom stereocenters. The zero-order valence-electron chi connectivity index (χ0n) is 12.8. The topological polar surface area (TPSA) is 63.6 Å². The van der Waals surface area contributed by atoms with Crippen molar-refractivity contribution in [3.8, 4) is 0 Å². The van der Waals surface area contributed by atoms with Gasteiger partial charge in [-0.05, 0) is 38.0 Å². The second-order valence-corrected chi connectivity index (χ2v) is 5.93. The van der Waals surface area contributed by atoms with E-state index in [0.29, 0.717) is 38.2 Å². The maximum Gasteiger partial charge on any atom is 0.308 e. The minimum absolute atomic E-state index is 0.0886. The minimum Gasteiger partial charge on any atom is -0.481 e. The number of esters is 1. The lowest BCUT2D eigenvalue weighted by atomic mass is 9.82. The number of rotatable bonds is 8. The van der Waals surface area contributed by atoms with Gasteiger partial charge < -0.3 is 9.84 Å². The molecule has 1 rings (SSSR count). The molecule has 1 N–H and O–H groups in total. The van der Waals surface area contributed by atoms with E-state index in [-0.39, 0.29) is 17.8 Å². The second-order valence-electron chi connectivity index (χ2n) is 5.93. The standard InChI is InChI=1S/C16H28O4/c1-3-5-6-12(4-2)11-20-16(19)14-9-7-13(8-10-14)15(17)18/h12-14H,3-11H2,1-2H3,(H,17,18). The summed E-state index contributed by atoms with van der Waals surface area (Å²) in [5.41, 5.74) is 0. The van der Waals surface area contributed by atoms with Crippen molar-refractivity contribution < 1.29 is 19.4 Å². The molecule has 0 aromatic carbocycles. The fourth-order valence-electron chi connectivity index (χ4n) is 2.79. The van der Waals surface area contributed by atoms with Crippen molar-refractivity contribution in [3.63, 3.8) is 0 Å². The molecule has 1 unspecified atom stereocenters. The second kappa shape index (κ2) is 8.98. The normalized spacial score (nSPS) is 24.1. The van der Waals surface area contributed by atoms with Crippen molar-refractivity contribution in [2.45, 2.75) is 65.2 Å². The Hall–Kier alpha value is -1.06. The Balaban J connectivity index is 2.27. The van der Waals surface area contributed by atoms with Crippen LogP contribution in [0.2, 0.25) is 0 Å². The zero-order chi connectivity index (χ0) is 15.0. The number of aliphatic carboxylic acids is 1. The van der Waals surface area contributed by atoms with Crippen LogP contribution in [0.5, 0.6) is 0 Å². The summed E-state index contributed by atoms with van der Waals surface area (Å²) in [6, 6.07) is 0. The number of ether oxygens (including phenoxy) is 1. The molecule has 0 bridgehead atoms. The number of carbonyl (C=O) groups excluding carboxylic acids is 1. The first kappa shape index (κ1) is 17.0. The van der Waals surface area contributed by atoms with Crippen LogP contribution in [0, 0.1) is 17.8 Å². The summed E-state index contributed by atoms with van der Waals surface area (Å²) in [7, 11) is 0. The van der Waals surface area contributed by atoms with Gasteiger partial charge in [-0.25, -0.2) is 0 Å². The smallest absolute Gasteiger partial charge is 0.308 e. The number of hydrogen-bond acceptors (Lipinski definition) is 3. The van der Waals surface area contributed by atoms with Gasteiger partial charge in [-0.1, -0.05) is 33.1 Å². The Labute approximate surface area is 121 Å². The molecule has 20 heavy (non-hydrogen) atoms. The largest absolute Gasteiger partial charge is 0.481 e. The number of unbranched alkanes of at least 4 members (excludes halogenated alkanes) is 1. The van der Waals surface area contributed by atoms with Gasteiger partial charge >= 0.3 is 11.9 Å². The van der Waals surface area contributed by atoms with Crippen LogP contribution in [-0.2, 0) is 14.3 Å². The summed E-state index contributed by atoms with van der Waals surface area (Å²) in [6.45, 7) is 4.82. The van der Waals surface area contributed by atoms with E-state index in [9.17, 15) is 9.59 Å². The number of carbonyl (C=O) groups is 2. The van der Waals surface area contributed by atoms with E-state index in [1.54, 1.807) is 0 Å². The van der Waals surface area contributed by atoms with Crippen LogP contribution in [0.4, 0.5) is 0 Å². The van der Waals surface area contributed by atoms with E-state index in [1.165, 1.54) is 12.8 Å². The van der Waals surface area contributed by atoms with E-state index in [4.69, 9.17) is 9.84 Å². The molecule has 116 valence electrons. The molecule has 1 fully saturated rings. The van der Waals surface area contributed by atoms with Crippen LogP contribution in [0.25, 0.3) is 0 Å². The van der Waals surface area contributed by atoms with E-state index >= 15 is 0 Å². The minimum atomic E-state index is -0.734. The van der Waals surface area contributed by atoms with Crippen LogP contribution < -0.4 is 0 Å². The van der Waals surface area contributed by atoms with Gasteiger partial charge in [-0.3, -0.25) is 9.59 Å². The molecule has 1 aliphatic carbocycles. The SMILES string of the molecule is CCCCC(CC)COC(=O)C1CCC(C(=O)O)CC1. The van der Waals surface area contributed by atoms with Gasteiger partial charge in [0.25, 0.3) is 0 Å². The summed E-state index contributed by atoms with van der Waals surface area (Å²) in [4.78, 5) is 22.9.